The van der Waals surface area contributed by atoms with E-state index in [-0.39, 0.29) is 47.5 Å². The maximum Gasteiger partial charge on any atom is 0.333 e. The number of aliphatic hydroxyl groups is 2. The van der Waals surface area contributed by atoms with E-state index < -0.39 is 23.2 Å². The van der Waals surface area contributed by atoms with Crippen molar-refractivity contribution in [2.24, 2.45) is 40.4 Å². The van der Waals surface area contributed by atoms with Crippen molar-refractivity contribution in [2.45, 2.75) is 123 Å². The molecule has 7 nitrogen and oxygen atoms in total. The van der Waals surface area contributed by atoms with Gasteiger partial charge < -0.3 is 24.4 Å². The van der Waals surface area contributed by atoms with Gasteiger partial charge in [0.1, 0.15) is 23.9 Å². The Bertz CT molecular complexity index is 1040. The first kappa shape index (κ1) is 25.8. The number of fused-ring (bicyclic) bond motifs is 8. The molecule has 0 aromatic carbocycles. The third-order valence-electron chi connectivity index (χ3n) is 12.5. The van der Waals surface area contributed by atoms with Gasteiger partial charge in [-0.3, -0.25) is 4.79 Å². The fraction of sp³-hybridized carbons (Fsp3) is 0.867. The van der Waals surface area contributed by atoms with Gasteiger partial charge in [0, 0.05) is 37.2 Å². The molecule has 0 bridgehead atoms. The number of aliphatic hydroxyl groups excluding tert-OH is 1. The number of rotatable bonds is 3. The molecule has 0 spiro atoms. The van der Waals surface area contributed by atoms with Gasteiger partial charge in [0.25, 0.3) is 0 Å². The average Bonchev–Trinajstić information content (AvgIpc) is 3.55. The first-order valence-electron chi connectivity index (χ1n) is 14.4. The second-order valence-electron chi connectivity index (χ2n) is 13.8. The summed E-state index contributed by atoms with van der Waals surface area (Å²) in [6.07, 6.45) is 4.03. The molecule has 0 amide bonds. The minimum Gasteiger partial charge on any atom is -0.462 e. The fourth-order valence-corrected chi connectivity index (χ4v) is 10.3. The van der Waals surface area contributed by atoms with Crippen LogP contribution in [-0.4, -0.2) is 58.3 Å². The fourth-order valence-electron chi connectivity index (χ4n) is 10.3. The summed E-state index contributed by atoms with van der Waals surface area (Å²) in [6.45, 7) is 12.1. The number of epoxide rings is 1. The number of cyclic esters (lactones) is 1. The molecule has 2 N–H and O–H groups in total. The van der Waals surface area contributed by atoms with Gasteiger partial charge in [-0.1, -0.05) is 26.3 Å². The summed E-state index contributed by atoms with van der Waals surface area (Å²) in [6, 6.07) is 0. The highest BCUT2D eigenvalue weighted by atomic mass is 16.6. The molecule has 0 aromatic rings. The summed E-state index contributed by atoms with van der Waals surface area (Å²) in [5, 5.41) is 23.6. The Kier molecular flexibility index (Phi) is 5.78. The topological polar surface area (TPSA) is 106 Å². The highest BCUT2D eigenvalue weighted by Gasteiger charge is 2.78. The highest BCUT2D eigenvalue weighted by Crippen LogP contribution is 2.73. The van der Waals surface area contributed by atoms with Crippen LogP contribution in [0, 0.1) is 40.4 Å². The van der Waals surface area contributed by atoms with Crippen molar-refractivity contribution in [3.05, 3.63) is 11.1 Å². The van der Waals surface area contributed by atoms with Crippen molar-refractivity contribution in [1.82, 2.24) is 0 Å². The Morgan fingerprint density at radius 1 is 1.16 bits per heavy atom. The largest absolute Gasteiger partial charge is 0.462 e. The van der Waals surface area contributed by atoms with Crippen LogP contribution < -0.4 is 0 Å². The van der Waals surface area contributed by atoms with Crippen LogP contribution in [0.25, 0.3) is 0 Å². The lowest BCUT2D eigenvalue weighted by atomic mass is 9.42. The van der Waals surface area contributed by atoms with Crippen LogP contribution in [-0.2, 0) is 23.8 Å². The molecule has 6 rings (SSSR count). The van der Waals surface area contributed by atoms with Crippen molar-refractivity contribution in [2.75, 3.05) is 0 Å². The lowest BCUT2D eigenvalue weighted by Crippen LogP contribution is -2.71. The molecule has 37 heavy (non-hydrogen) atoms. The van der Waals surface area contributed by atoms with E-state index in [1.807, 2.05) is 6.92 Å². The van der Waals surface area contributed by atoms with Gasteiger partial charge in [0.2, 0.25) is 0 Å². The third-order valence-corrected chi connectivity index (χ3v) is 12.5. The molecule has 4 aliphatic carbocycles. The molecule has 0 unspecified atom stereocenters. The van der Waals surface area contributed by atoms with Crippen molar-refractivity contribution >= 4 is 11.9 Å². The van der Waals surface area contributed by atoms with Gasteiger partial charge >= 0.3 is 11.9 Å². The number of hydrogen-bond acceptors (Lipinski definition) is 7. The van der Waals surface area contributed by atoms with Crippen LogP contribution in [0.15, 0.2) is 11.1 Å². The van der Waals surface area contributed by atoms with Gasteiger partial charge in [0.05, 0.1) is 12.2 Å². The molecular weight excluding hydrogens is 472 g/mol. The van der Waals surface area contributed by atoms with Gasteiger partial charge in [-0.2, -0.15) is 0 Å². The Balaban J connectivity index is 1.27. The van der Waals surface area contributed by atoms with Gasteiger partial charge in [0.15, 0.2) is 0 Å². The summed E-state index contributed by atoms with van der Waals surface area (Å²) in [5.74, 6) is 1.08. The van der Waals surface area contributed by atoms with Crippen molar-refractivity contribution in [3.63, 3.8) is 0 Å². The van der Waals surface area contributed by atoms with Crippen LogP contribution in [0.5, 0.6) is 0 Å². The van der Waals surface area contributed by atoms with E-state index in [1.165, 1.54) is 6.92 Å². The summed E-state index contributed by atoms with van der Waals surface area (Å²) < 4.78 is 17.7. The Morgan fingerprint density at radius 3 is 2.57 bits per heavy atom. The maximum absolute atomic E-state index is 12.5. The predicted molar refractivity (Wildman–Crippen MR) is 135 cm³/mol. The Hall–Kier alpha value is -1.44. The monoisotopic (exact) mass is 516 g/mol. The molecule has 0 aromatic heterocycles. The van der Waals surface area contributed by atoms with Gasteiger partial charge in [-0.25, -0.2) is 4.79 Å². The Morgan fingerprint density at radius 2 is 1.89 bits per heavy atom. The normalized spacial score (nSPS) is 53.3. The molecule has 0 radical (unpaired) electrons. The second-order valence-corrected chi connectivity index (χ2v) is 13.8. The van der Waals surface area contributed by atoms with Crippen LogP contribution in [0.4, 0.5) is 0 Å². The standard InChI is InChI=1S/C30H44O7/c1-14-11-22(36-27(33)15(14)2)16(3)19-7-8-20-24-21(9-10-28(19,20)5)29(6)23(32)12-18(35-17(4)31)13-30(29,34)26-25(24)37-26/h16,18-26,32,34H,7-13H2,1-6H3/t16-,18-,19+,20-,21+,22+,23-,24-,25-,26-,28+,29-,30-/m0/s1. The molecule has 6 aliphatic rings. The van der Waals surface area contributed by atoms with Crippen LogP contribution in [0.2, 0.25) is 0 Å². The third kappa shape index (κ3) is 3.42. The zero-order chi connectivity index (χ0) is 26.7. The summed E-state index contributed by atoms with van der Waals surface area (Å²) >= 11 is 0. The number of esters is 2. The summed E-state index contributed by atoms with van der Waals surface area (Å²) in [4.78, 5) is 24.1. The molecule has 1 saturated heterocycles. The highest BCUT2D eigenvalue weighted by molar-refractivity contribution is 5.89. The summed E-state index contributed by atoms with van der Waals surface area (Å²) in [5.41, 5.74) is 0.104. The number of hydrogen-bond donors (Lipinski definition) is 2. The first-order chi connectivity index (χ1) is 17.3. The number of carbonyl (C=O) groups is 2. The molecule has 13 atom stereocenters. The quantitative estimate of drug-likeness (QED) is 0.432. The van der Waals surface area contributed by atoms with Crippen molar-refractivity contribution in [3.8, 4) is 0 Å². The van der Waals surface area contributed by atoms with E-state index >= 15 is 0 Å². The zero-order valence-corrected chi connectivity index (χ0v) is 23.2. The second kappa shape index (κ2) is 8.28. The molecule has 2 heterocycles. The molecular formula is C30H44O7. The first-order valence-corrected chi connectivity index (χ1v) is 14.4. The zero-order valence-electron chi connectivity index (χ0n) is 23.2. The van der Waals surface area contributed by atoms with Crippen LogP contribution in [0.1, 0.15) is 86.5 Å². The van der Waals surface area contributed by atoms with E-state index in [9.17, 15) is 19.8 Å². The van der Waals surface area contributed by atoms with E-state index in [0.29, 0.717) is 30.6 Å². The smallest absolute Gasteiger partial charge is 0.333 e. The SMILES string of the molecule is CC(=O)O[C@H]1C[C@H](O)[C@]2(C)[C@@H]3CC[C@]4(C)[C@@H]([C@H](C)[C@H]5CC(C)=C(C)C(=O)O5)CC[C@H]4[C@@H]3[C@@H]3O[C@@H]3[C@@]2(O)C1. The average molecular weight is 517 g/mol. The van der Waals surface area contributed by atoms with Gasteiger partial charge in [-0.15, -0.1) is 0 Å². The van der Waals surface area contributed by atoms with Crippen LogP contribution in [0.3, 0.4) is 0 Å². The molecule has 4 saturated carbocycles. The van der Waals surface area contributed by atoms with E-state index in [0.717, 1.165) is 43.3 Å². The van der Waals surface area contributed by atoms with E-state index in [4.69, 9.17) is 14.2 Å². The lowest BCUT2D eigenvalue weighted by molar-refractivity contribution is -0.252. The van der Waals surface area contributed by atoms with Crippen molar-refractivity contribution < 1.29 is 34.0 Å². The van der Waals surface area contributed by atoms with Gasteiger partial charge in [-0.05, 0) is 74.5 Å². The minimum atomic E-state index is -1.20. The molecule has 5 fully saturated rings. The van der Waals surface area contributed by atoms with E-state index in [2.05, 4.69) is 27.7 Å². The summed E-state index contributed by atoms with van der Waals surface area (Å²) in [7, 11) is 0. The predicted octanol–water partition coefficient (Wildman–Crippen LogP) is 3.94. The molecule has 2 aliphatic heterocycles. The van der Waals surface area contributed by atoms with Crippen LogP contribution >= 0.6 is 0 Å². The molecule has 7 heteroatoms. The molecule has 206 valence electrons. The lowest BCUT2D eigenvalue weighted by Gasteiger charge is -2.63. The Labute approximate surface area is 220 Å². The van der Waals surface area contributed by atoms with E-state index in [1.54, 1.807) is 0 Å². The number of ether oxygens (including phenoxy) is 3. The van der Waals surface area contributed by atoms with Crippen molar-refractivity contribution in [1.29, 1.82) is 0 Å². The maximum atomic E-state index is 12.5. The minimum absolute atomic E-state index is 0.00892. The number of carbonyl (C=O) groups excluding carboxylic acids is 2.